The molecular formula is C20H19NO3. The summed E-state index contributed by atoms with van der Waals surface area (Å²) in [4.78, 5) is 16.3. The standard InChI is InChI=1S/C20H19NO3/c1-11-4-7-14(8-5-11)10-16-19(22)17(20(23)24)15-9-6-12(2)13(3)18(15)21-16/h4-9,22H,10H2,1-3H3,(H,23,24). The van der Waals surface area contributed by atoms with E-state index in [1.807, 2.05) is 51.1 Å². The molecule has 2 aromatic carbocycles. The first-order chi connectivity index (χ1) is 11.4. The molecule has 0 unspecified atom stereocenters. The van der Waals surface area contributed by atoms with E-state index in [0.29, 0.717) is 23.0 Å². The van der Waals surface area contributed by atoms with Crippen LogP contribution in [0, 0.1) is 20.8 Å². The van der Waals surface area contributed by atoms with Gasteiger partial charge in [-0.2, -0.15) is 0 Å². The highest BCUT2D eigenvalue weighted by atomic mass is 16.4. The van der Waals surface area contributed by atoms with Crippen LogP contribution in [-0.4, -0.2) is 21.2 Å². The third kappa shape index (κ3) is 2.71. The van der Waals surface area contributed by atoms with Crippen LogP contribution in [0.4, 0.5) is 0 Å². The Hall–Kier alpha value is -2.88. The van der Waals surface area contributed by atoms with Crippen LogP contribution in [0.2, 0.25) is 0 Å². The second-order valence-corrected chi connectivity index (χ2v) is 6.15. The lowest BCUT2D eigenvalue weighted by Gasteiger charge is -2.13. The zero-order valence-corrected chi connectivity index (χ0v) is 13.9. The molecule has 0 aliphatic heterocycles. The minimum absolute atomic E-state index is 0.0785. The molecule has 0 saturated heterocycles. The molecule has 0 spiro atoms. The quantitative estimate of drug-likeness (QED) is 0.760. The first-order valence-corrected chi connectivity index (χ1v) is 7.79. The van der Waals surface area contributed by atoms with Gasteiger partial charge in [0.15, 0.2) is 5.75 Å². The SMILES string of the molecule is Cc1ccc(Cc2nc3c(C)c(C)ccc3c(C(=O)O)c2O)cc1. The topological polar surface area (TPSA) is 70.4 Å². The summed E-state index contributed by atoms with van der Waals surface area (Å²) < 4.78 is 0. The molecular weight excluding hydrogens is 302 g/mol. The number of benzene rings is 2. The number of aromatic hydroxyl groups is 1. The fourth-order valence-corrected chi connectivity index (χ4v) is 2.85. The normalized spacial score (nSPS) is 11.0. The third-order valence-electron chi connectivity index (χ3n) is 4.43. The molecule has 2 N–H and O–H groups in total. The van der Waals surface area contributed by atoms with Crippen LogP contribution in [0.15, 0.2) is 36.4 Å². The van der Waals surface area contributed by atoms with E-state index < -0.39 is 5.97 Å². The fraction of sp³-hybridized carbons (Fsp3) is 0.200. The van der Waals surface area contributed by atoms with Crippen LogP contribution in [-0.2, 0) is 6.42 Å². The number of aromatic nitrogens is 1. The molecule has 4 nitrogen and oxygen atoms in total. The summed E-state index contributed by atoms with van der Waals surface area (Å²) in [5, 5.41) is 20.5. The van der Waals surface area contributed by atoms with Gasteiger partial charge >= 0.3 is 5.97 Å². The van der Waals surface area contributed by atoms with Gasteiger partial charge in [-0.05, 0) is 37.5 Å². The number of aryl methyl sites for hydroxylation is 3. The summed E-state index contributed by atoms with van der Waals surface area (Å²) >= 11 is 0. The Balaban J connectivity index is 2.24. The van der Waals surface area contributed by atoms with Crippen LogP contribution in [0.3, 0.4) is 0 Å². The number of carboxylic acid groups (broad SMARTS) is 1. The summed E-state index contributed by atoms with van der Waals surface area (Å²) in [5.74, 6) is -1.40. The van der Waals surface area contributed by atoms with Crippen LogP contribution in [0.5, 0.6) is 5.75 Å². The first kappa shape index (κ1) is 16.0. The lowest BCUT2D eigenvalue weighted by Crippen LogP contribution is -2.05. The number of rotatable bonds is 3. The van der Waals surface area contributed by atoms with E-state index in [0.717, 1.165) is 22.3 Å². The van der Waals surface area contributed by atoms with Crippen molar-refractivity contribution in [3.05, 3.63) is 69.9 Å². The van der Waals surface area contributed by atoms with Crippen molar-refractivity contribution in [2.75, 3.05) is 0 Å². The zero-order valence-electron chi connectivity index (χ0n) is 13.9. The van der Waals surface area contributed by atoms with Gasteiger partial charge in [0.1, 0.15) is 5.56 Å². The molecule has 0 bridgehead atoms. The molecule has 3 aromatic rings. The van der Waals surface area contributed by atoms with E-state index in [-0.39, 0.29) is 11.3 Å². The molecule has 0 saturated carbocycles. The van der Waals surface area contributed by atoms with E-state index in [4.69, 9.17) is 0 Å². The van der Waals surface area contributed by atoms with Gasteiger partial charge in [0.25, 0.3) is 0 Å². The second-order valence-electron chi connectivity index (χ2n) is 6.15. The molecule has 0 amide bonds. The number of fused-ring (bicyclic) bond motifs is 1. The molecule has 0 aliphatic carbocycles. The molecule has 0 fully saturated rings. The van der Waals surface area contributed by atoms with Crippen molar-refractivity contribution in [2.45, 2.75) is 27.2 Å². The highest BCUT2D eigenvalue weighted by Gasteiger charge is 2.21. The van der Waals surface area contributed by atoms with Gasteiger partial charge in [-0.25, -0.2) is 9.78 Å². The molecule has 122 valence electrons. The summed E-state index contributed by atoms with van der Waals surface area (Å²) in [6.07, 6.45) is 0.385. The van der Waals surface area contributed by atoms with Gasteiger partial charge in [-0.3, -0.25) is 0 Å². The number of carboxylic acids is 1. The van der Waals surface area contributed by atoms with Crippen LogP contribution >= 0.6 is 0 Å². The van der Waals surface area contributed by atoms with Crippen LogP contribution < -0.4 is 0 Å². The van der Waals surface area contributed by atoms with Crippen molar-refractivity contribution >= 4 is 16.9 Å². The number of pyridine rings is 1. The molecule has 4 heteroatoms. The predicted octanol–water partition coefficient (Wildman–Crippen LogP) is 4.15. The Kier molecular flexibility index (Phi) is 3.97. The minimum Gasteiger partial charge on any atom is -0.505 e. The summed E-state index contributed by atoms with van der Waals surface area (Å²) in [5.41, 5.74) is 5.03. The van der Waals surface area contributed by atoms with Gasteiger partial charge in [-0.15, -0.1) is 0 Å². The molecule has 0 aliphatic rings. The molecule has 3 rings (SSSR count). The predicted molar refractivity (Wildman–Crippen MR) is 93.8 cm³/mol. The smallest absolute Gasteiger partial charge is 0.340 e. The maximum absolute atomic E-state index is 11.7. The lowest BCUT2D eigenvalue weighted by molar-refractivity contribution is 0.0695. The third-order valence-corrected chi connectivity index (χ3v) is 4.43. The highest BCUT2D eigenvalue weighted by molar-refractivity contribution is 6.06. The largest absolute Gasteiger partial charge is 0.505 e. The summed E-state index contributed by atoms with van der Waals surface area (Å²) in [6.45, 7) is 5.89. The van der Waals surface area contributed by atoms with Gasteiger partial charge in [0.2, 0.25) is 0 Å². The Morgan fingerprint density at radius 1 is 1.04 bits per heavy atom. The van der Waals surface area contributed by atoms with Gasteiger partial charge in [-0.1, -0.05) is 42.0 Å². The Morgan fingerprint density at radius 2 is 1.71 bits per heavy atom. The number of carbonyl (C=O) groups is 1. The molecule has 24 heavy (non-hydrogen) atoms. The Labute approximate surface area is 140 Å². The van der Waals surface area contributed by atoms with Crippen molar-refractivity contribution in [3.8, 4) is 5.75 Å². The lowest BCUT2D eigenvalue weighted by atomic mass is 9.98. The van der Waals surface area contributed by atoms with Crippen molar-refractivity contribution in [3.63, 3.8) is 0 Å². The summed E-state index contributed by atoms with van der Waals surface area (Å²) in [7, 11) is 0. The van der Waals surface area contributed by atoms with Crippen molar-refractivity contribution < 1.29 is 15.0 Å². The first-order valence-electron chi connectivity index (χ1n) is 7.79. The Bertz CT molecular complexity index is 943. The van der Waals surface area contributed by atoms with Crippen LogP contribution in [0.1, 0.15) is 38.3 Å². The second kappa shape index (κ2) is 5.96. The summed E-state index contributed by atoms with van der Waals surface area (Å²) in [6, 6.07) is 11.5. The molecule has 1 heterocycles. The van der Waals surface area contributed by atoms with Crippen molar-refractivity contribution in [2.24, 2.45) is 0 Å². The minimum atomic E-state index is -1.15. The molecule has 1 aromatic heterocycles. The fourth-order valence-electron chi connectivity index (χ4n) is 2.85. The Morgan fingerprint density at radius 3 is 2.33 bits per heavy atom. The number of nitrogens with zero attached hydrogens (tertiary/aromatic N) is 1. The maximum atomic E-state index is 11.7. The van der Waals surface area contributed by atoms with Gasteiger partial charge in [0, 0.05) is 11.8 Å². The van der Waals surface area contributed by atoms with E-state index >= 15 is 0 Å². The van der Waals surface area contributed by atoms with Crippen molar-refractivity contribution in [1.82, 2.24) is 4.98 Å². The highest BCUT2D eigenvalue weighted by Crippen LogP contribution is 2.32. The number of hydrogen-bond donors (Lipinski definition) is 2. The van der Waals surface area contributed by atoms with E-state index in [2.05, 4.69) is 4.98 Å². The van der Waals surface area contributed by atoms with Gasteiger partial charge in [0.05, 0.1) is 11.2 Å². The zero-order chi connectivity index (χ0) is 17.4. The van der Waals surface area contributed by atoms with E-state index in [9.17, 15) is 15.0 Å². The maximum Gasteiger partial charge on any atom is 0.340 e. The molecule has 0 radical (unpaired) electrons. The number of aromatic carboxylic acids is 1. The average Bonchev–Trinajstić information content (AvgIpc) is 2.54. The number of hydrogen-bond acceptors (Lipinski definition) is 3. The van der Waals surface area contributed by atoms with Crippen molar-refractivity contribution in [1.29, 1.82) is 0 Å². The average molecular weight is 321 g/mol. The monoisotopic (exact) mass is 321 g/mol. The molecule has 0 atom stereocenters. The van der Waals surface area contributed by atoms with Gasteiger partial charge < -0.3 is 10.2 Å². The van der Waals surface area contributed by atoms with E-state index in [1.165, 1.54) is 0 Å². The van der Waals surface area contributed by atoms with Crippen LogP contribution in [0.25, 0.3) is 10.9 Å². The van der Waals surface area contributed by atoms with E-state index in [1.54, 1.807) is 6.07 Å².